The number of piperazine rings is 1. The number of halogens is 1. The zero-order valence-corrected chi connectivity index (χ0v) is 10.2. The van der Waals surface area contributed by atoms with Crippen LogP contribution in [0.25, 0.3) is 0 Å². The fraction of sp³-hybridized carbons (Fsp3) is 0.300. The standard InChI is InChI=1S/C10H10BrN3O2/c1-6-7(11)2-3-8(12-6)14-4-9(15)13-10(16)5-14/h2-3H,4-5H2,1H3,(H,13,15,16). The molecule has 0 aliphatic carbocycles. The van der Waals surface area contributed by atoms with Gasteiger partial charge in [-0.25, -0.2) is 4.98 Å². The Morgan fingerprint density at radius 2 is 1.94 bits per heavy atom. The first-order chi connectivity index (χ1) is 7.56. The van der Waals surface area contributed by atoms with E-state index in [2.05, 4.69) is 26.2 Å². The van der Waals surface area contributed by atoms with Crippen LogP contribution in [0.15, 0.2) is 16.6 Å². The molecule has 84 valence electrons. The SMILES string of the molecule is Cc1nc(N2CC(=O)NC(=O)C2)ccc1Br. The van der Waals surface area contributed by atoms with Crippen molar-refractivity contribution < 1.29 is 9.59 Å². The predicted molar refractivity (Wildman–Crippen MR) is 62.0 cm³/mol. The highest BCUT2D eigenvalue weighted by atomic mass is 79.9. The molecular formula is C10H10BrN3O2. The monoisotopic (exact) mass is 283 g/mol. The van der Waals surface area contributed by atoms with E-state index in [1.807, 2.05) is 13.0 Å². The topological polar surface area (TPSA) is 62.3 Å². The first-order valence-electron chi connectivity index (χ1n) is 4.77. The molecule has 1 saturated heterocycles. The fourth-order valence-corrected chi connectivity index (χ4v) is 1.73. The van der Waals surface area contributed by atoms with Crippen molar-refractivity contribution in [3.8, 4) is 0 Å². The van der Waals surface area contributed by atoms with Crippen LogP contribution in [-0.2, 0) is 9.59 Å². The molecule has 1 aromatic heterocycles. The molecule has 0 radical (unpaired) electrons. The molecule has 2 heterocycles. The van der Waals surface area contributed by atoms with Crippen LogP contribution in [0.2, 0.25) is 0 Å². The highest BCUT2D eigenvalue weighted by Crippen LogP contribution is 2.19. The van der Waals surface area contributed by atoms with Crippen molar-refractivity contribution in [2.75, 3.05) is 18.0 Å². The summed E-state index contributed by atoms with van der Waals surface area (Å²) in [5, 5.41) is 2.25. The Kier molecular flexibility index (Phi) is 2.91. The third-order valence-electron chi connectivity index (χ3n) is 2.28. The number of nitrogens with one attached hydrogen (secondary N) is 1. The van der Waals surface area contributed by atoms with E-state index in [0.717, 1.165) is 10.2 Å². The van der Waals surface area contributed by atoms with Gasteiger partial charge in [0, 0.05) is 4.47 Å². The highest BCUT2D eigenvalue weighted by molar-refractivity contribution is 9.10. The number of amides is 2. The number of nitrogens with zero attached hydrogens (tertiary/aromatic N) is 2. The number of carbonyl (C=O) groups excluding carboxylic acids is 2. The number of anilines is 1. The number of hydrogen-bond acceptors (Lipinski definition) is 4. The van der Waals surface area contributed by atoms with Crippen LogP contribution in [0.4, 0.5) is 5.82 Å². The van der Waals surface area contributed by atoms with Crippen molar-refractivity contribution in [3.63, 3.8) is 0 Å². The second-order valence-corrected chi connectivity index (χ2v) is 4.42. The summed E-state index contributed by atoms with van der Waals surface area (Å²) < 4.78 is 0.907. The fourth-order valence-electron chi connectivity index (χ4n) is 1.51. The molecule has 2 amide bonds. The van der Waals surface area contributed by atoms with Crippen molar-refractivity contribution in [2.45, 2.75) is 6.92 Å². The van der Waals surface area contributed by atoms with Gasteiger partial charge in [0.05, 0.1) is 18.8 Å². The highest BCUT2D eigenvalue weighted by Gasteiger charge is 2.23. The first kappa shape index (κ1) is 11.1. The van der Waals surface area contributed by atoms with Crippen LogP contribution < -0.4 is 10.2 Å². The van der Waals surface area contributed by atoms with E-state index in [1.165, 1.54) is 0 Å². The Morgan fingerprint density at radius 3 is 2.50 bits per heavy atom. The average Bonchev–Trinajstić information content (AvgIpc) is 2.20. The van der Waals surface area contributed by atoms with Crippen molar-refractivity contribution >= 4 is 33.6 Å². The average molecular weight is 284 g/mol. The largest absolute Gasteiger partial charge is 0.338 e. The minimum atomic E-state index is -0.293. The van der Waals surface area contributed by atoms with Gasteiger partial charge in [0.15, 0.2) is 0 Å². The van der Waals surface area contributed by atoms with Crippen LogP contribution in [-0.4, -0.2) is 29.9 Å². The third kappa shape index (κ3) is 2.21. The summed E-state index contributed by atoms with van der Waals surface area (Å²) in [6.45, 7) is 2.19. The van der Waals surface area contributed by atoms with Crippen molar-refractivity contribution in [1.29, 1.82) is 0 Å². The zero-order chi connectivity index (χ0) is 11.7. The number of pyridine rings is 1. The second-order valence-electron chi connectivity index (χ2n) is 3.56. The summed E-state index contributed by atoms with van der Waals surface area (Å²) in [5.74, 6) is 0.0566. The predicted octanol–water partition coefficient (Wildman–Crippen LogP) is 0.615. The summed E-state index contributed by atoms with van der Waals surface area (Å²) in [7, 11) is 0. The first-order valence-corrected chi connectivity index (χ1v) is 5.56. The molecule has 0 spiro atoms. The lowest BCUT2D eigenvalue weighted by Crippen LogP contribution is -2.51. The van der Waals surface area contributed by atoms with Gasteiger partial charge in [-0.3, -0.25) is 14.9 Å². The molecular weight excluding hydrogens is 274 g/mol. The van der Waals surface area contributed by atoms with Gasteiger partial charge in [-0.05, 0) is 35.0 Å². The van der Waals surface area contributed by atoms with Crippen LogP contribution in [0.3, 0.4) is 0 Å². The lowest BCUT2D eigenvalue weighted by atomic mass is 10.3. The minimum absolute atomic E-state index is 0.166. The van der Waals surface area contributed by atoms with Gasteiger partial charge in [-0.15, -0.1) is 0 Å². The van der Waals surface area contributed by atoms with Gasteiger partial charge >= 0.3 is 0 Å². The van der Waals surface area contributed by atoms with E-state index in [0.29, 0.717) is 5.82 Å². The molecule has 0 aromatic carbocycles. The smallest absolute Gasteiger partial charge is 0.246 e. The number of aryl methyl sites for hydroxylation is 1. The lowest BCUT2D eigenvalue weighted by Gasteiger charge is -2.26. The van der Waals surface area contributed by atoms with Crippen LogP contribution in [0, 0.1) is 6.92 Å². The minimum Gasteiger partial charge on any atom is -0.338 e. The molecule has 0 saturated carbocycles. The molecule has 1 aliphatic heterocycles. The van der Waals surface area contributed by atoms with Crippen molar-refractivity contribution in [3.05, 3.63) is 22.3 Å². The third-order valence-corrected chi connectivity index (χ3v) is 3.12. The van der Waals surface area contributed by atoms with Crippen LogP contribution >= 0.6 is 15.9 Å². The quantitative estimate of drug-likeness (QED) is 0.768. The number of aromatic nitrogens is 1. The number of rotatable bonds is 1. The van der Waals surface area contributed by atoms with E-state index in [4.69, 9.17) is 0 Å². The zero-order valence-electron chi connectivity index (χ0n) is 8.66. The molecule has 16 heavy (non-hydrogen) atoms. The van der Waals surface area contributed by atoms with Gasteiger partial charge in [-0.1, -0.05) is 0 Å². The van der Waals surface area contributed by atoms with Crippen LogP contribution in [0.5, 0.6) is 0 Å². The summed E-state index contributed by atoms with van der Waals surface area (Å²) in [5.41, 5.74) is 0.830. The maximum absolute atomic E-state index is 11.2. The van der Waals surface area contributed by atoms with Gasteiger partial charge in [0.1, 0.15) is 5.82 Å². The summed E-state index contributed by atoms with van der Waals surface area (Å²) in [4.78, 5) is 28.4. The molecule has 0 bridgehead atoms. The number of hydrogen-bond donors (Lipinski definition) is 1. The second kappa shape index (κ2) is 4.21. The lowest BCUT2D eigenvalue weighted by molar-refractivity contribution is -0.130. The summed E-state index contributed by atoms with van der Waals surface area (Å²) >= 11 is 3.35. The summed E-state index contributed by atoms with van der Waals surface area (Å²) in [6.07, 6.45) is 0. The molecule has 1 fully saturated rings. The van der Waals surface area contributed by atoms with E-state index in [9.17, 15) is 9.59 Å². The van der Waals surface area contributed by atoms with E-state index < -0.39 is 0 Å². The molecule has 1 aromatic rings. The van der Waals surface area contributed by atoms with E-state index >= 15 is 0 Å². The van der Waals surface area contributed by atoms with Gasteiger partial charge in [0.2, 0.25) is 11.8 Å². The van der Waals surface area contributed by atoms with Gasteiger partial charge in [-0.2, -0.15) is 0 Å². The van der Waals surface area contributed by atoms with Crippen LogP contribution in [0.1, 0.15) is 5.69 Å². The number of imide groups is 1. The van der Waals surface area contributed by atoms with Gasteiger partial charge in [0.25, 0.3) is 0 Å². The summed E-state index contributed by atoms with van der Waals surface area (Å²) in [6, 6.07) is 3.64. The Labute approximate surface area is 101 Å². The Balaban J connectivity index is 2.26. The molecule has 1 N–H and O–H groups in total. The van der Waals surface area contributed by atoms with E-state index in [-0.39, 0.29) is 24.9 Å². The Hall–Kier alpha value is -1.43. The molecule has 1 aliphatic rings. The molecule has 0 atom stereocenters. The molecule has 0 unspecified atom stereocenters. The van der Waals surface area contributed by atoms with Gasteiger partial charge < -0.3 is 4.90 Å². The molecule has 5 nitrogen and oxygen atoms in total. The van der Waals surface area contributed by atoms with Crippen molar-refractivity contribution in [1.82, 2.24) is 10.3 Å². The Bertz CT molecular complexity index is 445. The normalized spacial score (nSPS) is 16.2. The number of carbonyl (C=O) groups is 2. The Morgan fingerprint density at radius 1 is 1.31 bits per heavy atom. The molecule has 2 rings (SSSR count). The maximum atomic E-state index is 11.2. The van der Waals surface area contributed by atoms with Crippen molar-refractivity contribution in [2.24, 2.45) is 0 Å². The molecule has 6 heteroatoms. The van der Waals surface area contributed by atoms with E-state index in [1.54, 1.807) is 11.0 Å². The maximum Gasteiger partial charge on any atom is 0.246 e.